The quantitative estimate of drug-likeness (QED) is 0.759. The van der Waals surface area contributed by atoms with Gasteiger partial charge in [-0.05, 0) is 59.5 Å². The summed E-state index contributed by atoms with van der Waals surface area (Å²) in [7, 11) is 0. The summed E-state index contributed by atoms with van der Waals surface area (Å²) < 4.78 is 1.16. The van der Waals surface area contributed by atoms with Crippen LogP contribution in [0.2, 0.25) is 0 Å². The minimum absolute atomic E-state index is 0.708. The van der Waals surface area contributed by atoms with Crippen LogP contribution in [0.1, 0.15) is 30.9 Å². The molecule has 0 aliphatic heterocycles. The van der Waals surface area contributed by atoms with Gasteiger partial charge < -0.3 is 10.2 Å². The third-order valence-corrected chi connectivity index (χ3v) is 5.07. The topological polar surface area (TPSA) is 15.3 Å². The minimum Gasteiger partial charge on any atom is -0.364 e. The average molecular weight is 365 g/mol. The maximum Gasteiger partial charge on any atom is 0.0440 e. The molecule has 112 valence electrons. The van der Waals surface area contributed by atoms with Crippen LogP contribution in [0.5, 0.6) is 0 Å². The molecule has 1 aromatic heterocycles. The largest absolute Gasteiger partial charge is 0.364 e. The Labute approximate surface area is 139 Å². The molecule has 0 spiro atoms. The average Bonchev–Trinajstić information content (AvgIpc) is 3.20. The van der Waals surface area contributed by atoms with Crippen molar-refractivity contribution in [3.63, 3.8) is 0 Å². The van der Waals surface area contributed by atoms with Crippen LogP contribution in [0.25, 0.3) is 0 Å². The highest BCUT2D eigenvalue weighted by molar-refractivity contribution is 9.10. The van der Waals surface area contributed by atoms with Crippen molar-refractivity contribution in [3.05, 3.63) is 50.6 Å². The van der Waals surface area contributed by atoms with Gasteiger partial charge in [0.2, 0.25) is 0 Å². The predicted molar refractivity (Wildman–Crippen MR) is 95.0 cm³/mol. The molecule has 0 radical (unpaired) electrons. The van der Waals surface area contributed by atoms with Gasteiger partial charge in [-0.25, -0.2) is 0 Å². The van der Waals surface area contributed by atoms with Crippen LogP contribution in [0, 0.1) is 0 Å². The second kappa shape index (κ2) is 6.95. The number of benzene rings is 1. The molecule has 0 saturated heterocycles. The summed E-state index contributed by atoms with van der Waals surface area (Å²) in [4.78, 5) is 2.58. The third kappa shape index (κ3) is 3.87. The number of thiophene rings is 1. The number of halogens is 1. The molecule has 1 saturated carbocycles. The van der Waals surface area contributed by atoms with Gasteiger partial charge in [-0.1, -0.05) is 28.9 Å². The standard InChI is InChI=1S/C17H21BrN2S/c1-2-19-10-14-3-4-15(18)9-17(14)20(16-5-6-16)11-13-7-8-21-12-13/h3-4,7-9,12,16,19H,2,5-6,10-11H2,1H3. The predicted octanol–water partition coefficient (Wildman–Crippen LogP) is 4.79. The number of nitrogens with zero attached hydrogens (tertiary/aromatic N) is 1. The van der Waals surface area contributed by atoms with Crippen LogP contribution in [-0.4, -0.2) is 12.6 Å². The smallest absolute Gasteiger partial charge is 0.0440 e. The molecule has 4 heteroatoms. The lowest BCUT2D eigenvalue weighted by atomic mass is 10.1. The van der Waals surface area contributed by atoms with Crippen LogP contribution in [0.3, 0.4) is 0 Å². The van der Waals surface area contributed by atoms with Gasteiger partial charge in [-0.15, -0.1) is 0 Å². The monoisotopic (exact) mass is 364 g/mol. The normalized spacial score (nSPS) is 14.4. The first-order valence-electron chi connectivity index (χ1n) is 7.54. The van der Waals surface area contributed by atoms with Gasteiger partial charge in [0.1, 0.15) is 0 Å². The molecule has 0 bridgehead atoms. The minimum atomic E-state index is 0.708. The van der Waals surface area contributed by atoms with Crippen LogP contribution >= 0.6 is 27.3 Å². The van der Waals surface area contributed by atoms with Crippen molar-refractivity contribution in [1.82, 2.24) is 5.32 Å². The van der Waals surface area contributed by atoms with Crippen molar-refractivity contribution < 1.29 is 0 Å². The van der Waals surface area contributed by atoms with Gasteiger partial charge in [0.25, 0.3) is 0 Å². The van der Waals surface area contributed by atoms with Crippen LogP contribution < -0.4 is 10.2 Å². The van der Waals surface area contributed by atoms with Gasteiger partial charge >= 0.3 is 0 Å². The van der Waals surface area contributed by atoms with Gasteiger partial charge in [0.05, 0.1) is 0 Å². The fourth-order valence-corrected chi connectivity index (χ4v) is 3.60. The SMILES string of the molecule is CCNCc1ccc(Br)cc1N(Cc1ccsc1)C1CC1. The lowest BCUT2D eigenvalue weighted by Gasteiger charge is -2.27. The second-order valence-corrected chi connectivity index (χ2v) is 7.24. The van der Waals surface area contributed by atoms with Gasteiger partial charge in [0, 0.05) is 29.3 Å². The van der Waals surface area contributed by atoms with Gasteiger partial charge in [0.15, 0.2) is 0 Å². The zero-order valence-electron chi connectivity index (χ0n) is 12.3. The van der Waals surface area contributed by atoms with E-state index in [9.17, 15) is 0 Å². The molecule has 2 nitrogen and oxygen atoms in total. The van der Waals surface area contributed by atoms with Crippen LogP contribution in [0.4, 0.5) is 5.69 Å². The summed E-state index contributed by atoms with van der Waals surface area (Å²) in [5.74, 6) is 0. The molecule has 1 N–H and O–H groups in total. The summed E-state index contributed by atoms with van der Waals surface area (Å²) in [6, 6.07) is 9.61. The zero-order chi connectivity index (χ0) is 14.7. The lowest BCUT2D eigenvalue weighted by molar-refractivity contribution is 0.715. The molecule has 0 amide bonds. The van der Waals surface area contributed by atoms with E-state index in [-0.39, 0.29) is 0 Å². The summed E-state index contributed by atoms with van der Waals surface area (Å²) in [6.45, 7) is 5.11. The van der Waals surface area contributed by atoms with Crippen LogP contribution in [-0.2, 0) is 13.1 Å². The molecular formula is C17H21BrN2S. The molecule has 1 aliphatic carbocycles. The zero-order valence-corrected chi connectivity index (χ0v) is 14.7. The van der Waals surface area contributed by atoms with E-state index < -0.39 is 0 Å². The Balaban J connectivity index is 1.88. The number of hydrogen-bond donors (Lipinski definition) is 1. The van der Waals surface area contributed by atoms with Crippen molar-refractivity contribution in [2.45, 2.75) is 38.9 Å². The Kier molecular flexibility index (Phi) is 4.99. The summed E-state index contributed by atoms with van der Waals surface area (Å²) in [5, 5.41) is 7.89. The highest BCUT2D eigenvalue weighted by Gasteiger charge is 2.30. The van der Waals surface area contributed by atoms with Gasteiger partial charge in [-0.3, -0.25) is 0 Å². The lowest BCUT2D eigenvalue weighted by Crippen LogP contribution is -2.27. The van der Waals surface area contributed by atoms with E-state index in [4.69, 9.17) is 0 Å². The number of hydrogen-bond acceptors (Lipinski definition) is 3. The molecule has 2 aromatic rings. The molecule has 21 heavy (non-hydrogen) atoms. The van der Waals surface area contributed by atoms with E-state index in [0.717, 1.165) is 24.1 Å². The second-order valence-electron chi connectivity index (χ2n) is 5.54. The molecule has 1 fully saturated rings. The molecule has 0 atom stereocenters. The van der Waals surface area contributed by atoms with Crippen molar-refractivity contribution >= 4 is 33.0 Å². The van der Waals surface area contributed by atoms with Crippen molar-refractivity contribution in [2.75, 3.05) is 11.4 Å². The first-order chi connectivity index (χ1) is 10.3. The molecular weight excluding hydrogens is 344 g/mol. The third-order valence-electron chi connectivity index (χ3n) is 3.84. The summed E-state index contributed by atoms with van der Waals surface area (Å²) in [6.07, 6.45) is 2.63. The number of nitrogens with one attached hydrogen (secondary N) is 1. The van der Waals surface area contributed by atoms with E-state index in [0.29, 0.717) is 6.04 Å². The number of rotatable bonds is 7. The van der Waals surface area contributed by atoms with Crippen molar-refractivity contribution in [2.24, 2.45) is 0 Å². The first kappa shape index (κ1) is 15.1. The molecule has 3 rings (SSSR count). The van der Waals surface area contributed by atoms with E-state index in [1.807, 2.05) is 0 Å². The van der Waals surface area contributed by atoms with E-state index in [1.54, 1.807) is 11.3 Å². The first-order valence-corrected chi connectivity index (χ1v) is 9.28. The summed E-state index contributed by atoms with van der Waals surface area (Å²) in [5.41, 5.74) is 4.18. The van der Waals surface area contributed by atoms with Crippen molar-refractivity contribution in [3.8, 4) is 0 Å². The number of anilines is 1. The maximum absolute atomic E-state index is 3.64. The van der Waals surface area contributed by atoms with E-state index >= 15 is 0 Å². The highest BCUT2D eigenvalue weighted by atomic mass is 79.9. The van der Waals surface area contributed by atoms with E-state index in [2.05, 4.69) is 68.1 Å². The molecule has 0 unspecified atom stereocenters. The van der Waals surface area contributed by atoms with Crippen molar-refractivity contribution in [1.29, 1.82) is 0 Å². The van der Waals surface area contributed by atoms with Gasteiger partial charge in [-0.2, -0.15) is 11.3 Å². The molecule has 1 aromatic carbocycles. The highest BCUT2D eigenvalue weighted by Crippen LogP contribution is 2.36. The Morgan fingerprint density at radius 1 is 1.33 bits per heavy atom. The fourth-order valence-electron chi connectivity index (χ4n) is 2.59. The maximum atomic E-state index is 3.64. The summed E-state index contributed by atoms with van der Waals surface area (Å²) >= 11 is 5.42. The fraction of sp³-hybridized carbons (Fsp3) is 0.412. The Morgan fingerprint density at radius 2 is 2.19 bits per heavy atom. The Bertz CT molecular complexity index is 578. The molecule has 1 heterocycles. The Hall–Kier alpha value is -0.840. The Morgan fingerprint density at radius 3 is 2.86 bits per heavy atom. The van der Waals surface area contributed by atoms with E-state index in [1.165, 1.54) is 29.7 Å². The molecule has 1 aliphatic rings. The van der Waals surface area contributed by atoms with Crippen LogP contribution in [0.15, 0.2) is 39.5 Å².